The number of fused-ring (bicyclic) bond motifs is 8. The Morgan fingerprint density at radius 2 is 0.607 bits per heavy atom. The molecule has 1 aliphatic rings. The number of hydrogen-bond donors (Lipinski definition) is 4. The van der Waals surface area contributed by atoms with Gasteiger partial charge in [-0.3, -0.25) is 0 Å². The molecule has 4 aromatic heterocycles. The second-order valence-corrected chi connectivity index (χ2v) is 16.6. The van der Waals surface area contributed by atoms with Crippen molar-refractivity contribution < 1.29 is 0 Å². The first-order chi connectivity index (χ1) is 29.8. The summed E-state index contributed by atoms with van der Waals surface area (Å²) in [6.07, 6.45) is 8.56. The van der Waals surface area contributed by atoms with E-state index in [4.69, 9.17) is 0 Å². The fourth-order valence-electron chi connectivity index (χ4n) is 9.15. The summed E-state index contributed by atoms with van der Waals surface area (Å²) in [6.45, 7) is 18.8. The van der Waals surface area contributed by atoms with Crippen molar-refractivity contribution in [2.75, 3.05) is 0 Å². The van der Waals surface area contributed by atoms with Crippen LogP contribution < -0.4 is 21.4 Å². The summed E-state index contributed by atoms with van der Waals surface area (Å²) in [5.41, 5.74) is 17.7. The Balaban J connectivity index is 1.37. The Bertz CT molecular complexity index is 3130. The van der Waals surface area contributed by atoms with Crippen molar-refractivity contribution in [1.82, 2.24) is 19.9 Å². The molecule has 0 amide bonds. The van der Waals surface area contributed by atoms with Gasteiger partial charge in [-0.25, -0.2) is 0 Å². The zero-order valence-electron chi connectivity index (χ0n) is 35.3. The molecule has 0 aliphatic carbocycles. The standard InChI is InChI=1S/C57H52N4/c1-7-34-57(35-8-2,36-9-3)44-24-22-43(23-25-44)56-51-32-30-49(60-51)54(41-18-12-38(5)13-19-41)47-28-26-45(58-47)53(40-16-10-37(4)11-17-40)46-27-29-48(59-46)55(50-31-33-52(56)61-50)42-20-14-39(6)15-21-42/h7-33,58-61H,1-3,34-36H2,4-6H3. The number of aromatic amines is 4. The van der Waals surface area contributed by atoms with Crippen molar-refractivity contribution >= 4 is 22.3 Å². The van der Waals surface area contributed by atoms with E-state index in [1.807, 2.05) is 18.2 Å². The largest absolute Gasteiger partial charge is 0.354 e. The molecule has 4 N–H and O–H groups in total. The summed E-state index contributed by atoms with van der Waals surface area (Å²) in [4.78, 5) is 15.7. The van der Waals surface area contributed by atoms with Gasteiger partial charge in [0.1, 0.15) is 0 Å². The second-order valence-electron chi connectivity index (χ2n) is 16.6. The molecule has 1 aliphatic heterocycles. The average Bonchev–Trinajstić information content (AvgIpc) is 4.12. The lowest BCUT2D eigenvalue weighted by Crippen LogP contribution is -2.24. The lowest BCUT2D eigenvalue weighted by atomic mass is 9.72. The average molecular weight is 793 g/mol. The summed E-state index contributed by atoms with van der Waals surface area (Å²) in [5.74, 6) is 0. The second kappa shape index (κ2) is 16.4. The summed E-state index contributed by atoms with van der Waals surface area (Å²) < 4.78 is 0. The van der Waals surface area contributed by atoms with Gasteiger partial charge in [0.2, 0.25) is 0 Å². The molecule has 4 nitrogen and oxygen atoms in total. The molecule has 0 radical (unpaired) electrons. The molecule has 300 valence electrons. The SMILES string of the molecule is C=CCC(CC=C)(CC=C)c1ccc(C2=c3ccc([nH]3)=C(c3ccc(C)cc3)c3ccc([nH]3)C(c3ccc(C)cc3)=c3ccc([nH]3)=C(c3ccc(C)cc3)c3ccc2[nH]3)cc1. The highest BCUT2D eigenvalue weighted by atomic mass is 14.8. The van der Waals surface area contributed by atoms with Crippen LogP contribution in [0, 0.1) is 20.8 Å². The summed E-state index contributed by atoms with van der Waals surface area (Å²) in [7, 11) is 0. The van der Waals surface area contributed by atoms with Gasteiger partial charge in [0.05, 0.1) is 0 Å². The highest BCUT2D eigenvalue weighted by Crippen LogP contribution is 2.38. The summed E-state index contributed by atoms with van der Waals surface area (Å²) >= 11 is 0. The van der Waals surface area contributed by atoms with Crippen molar-refractivity contribution in [2.24, 2.45) is 0 Å². The van der Waals surface area contributed by atoms with Gasteiger partial charge in [-0.1, -0.05) is 132 Å². The van der Waals surface area contributed by atoms with Crippen LogP contribution in [-0.4, -0.2) is 19.9 Å². The van der Waals surface area contributed by atoms with Crippen molar-refractivity contribution in [2.45, 2.75) is 45.4 Å². The van der Waals surface area contributed by atoms with Crippen LogP contribution in [0.25, 0.3) is 22.3 Å². The Labute approximate surface area is 358 Å². The molecule has 0 saturated heterocycles. The molecule has 8 aromatic rings. The highest BCUT2D eigenvalue weighted by Gasteiger charge is 2.29. The molecule has 9 rings (SSSR count). The molecule has 0 atom stereocenters. The van der Waals surface area contributed by atoms with Crippen LogP contribution in [-0.2, 0) is 5.41 Å². The monoisotopic (exact) mass is 792 g/mol. The lowest BCUT2D eigenvalue weighted by molar-refractivity contribution is 0.442. The van der Waals surface area contributed by atoms with Crippen molar-refractivity contribution in [3.63, 3.8) is 0 Å². The number of aryl methyl sites for hydroxylation is 3. The number of hydrogen-bond acceptors (Lipinski definition) is 0. The maximum absolute atomic E-state index is 4.12. The van der Waals surface area contributed by atoms with Crippen LogP contribution >= 0.6 is 0 Å². The van der Waals surface area contributed by atoms with Gasteiger partial charge >= 0.3 is 0 Å². The van der Waals surface area contributed by atoms with E-state index in [0.29, 0.717) is 0 Å². The van der Waals surface area contributed by atoms with E-state index in [1.54, 1.807) is 0 Å². The predicted octanol–water partition coefficient (Wildman–Crippen LogP) is 10.2. The first kappa shape index (κ1) is 39.2. The molecule has 5 heterocycles. The number of H-pyrrole nitrogens is 4. The number of aromatic nitrogens is 4. The van der Waals surface area contributed by atoms with Gasteiger partial charge in [-0.05, 0) is 116 Å². The minimum atomic E-state index is -0.148. The zero-order valence-corrected chi connectivity index (χ0v) is 35.3. The van der Waals surface area contributed by atoms with E-state index in [2.05, 4.69) is 206 Å². The third-order valence-electron chi connectivity index (χ3n) is 12.3. The normalized spacial score (nSPS) is 12.8. The number of benzene rings is 4. The third kappa shape index (κ3) is 7.47. The van der Waals surface area contributed by atoms with E-state index in [-0.39, 0.29) is 5.41 Å². The molecule has 8 bridgehead atoms. The minimum Gasteiger partial charge on any atom is -0.354 e. The highest BCUT2D eigenvalue weighted by molar-refractivity contribution is 5.85. The predicted molar refractivity (Wildman–Crippen MR) is 254 cm³/mol. The fraction of sp³-hybridized carbons (Fsp3) is 0.123. The van der Waals surface area contributed by atoms with Crippen LogP contribution in [0.5, 0.6) is 0 Å². The lowest BCUT2D eigenvalue weighted by Gasteiger charge is -2.32. The number of allylic oxidation sites excluding steroid dienone is 3. The van der Waals surface area contributed by atoms with Crippen LogP contribution in [0.3, 0.4) is 0 Å². The molecular formula is C57H52N4. The molecule has 0 unspecified atom stereocenters. The van der Waals surface area contributed by atoms with Crippen molar-refractivity contribution in [1.29, 1.82) is 0 Å². The van der Waals surface area contributed by atoms with Gasteiger partial charge in [0.15, 0.2) is 0 Å². The van der Waals surface area contributed by atoms with E-state index in [1.165, 1.54) is 22.3 Å². The summed E-state index contributed by atoms with van der Waals surface area (Å²) in [6, 6.07) is 53.3. The molecule has 0 saturated carbocycles. The van der Waals surface area contributed by atoms with Gasteiger partial charge in [0, 0.05) is 71.9 Å². The Morgan fingerprint density at radius 3 is 0.869 bits per heavy atom. The first-order valence-electron chi connectivity index (χ1n) is 21.2. The Morgan fingerprint density at radius 1 is 0.344 bits per heavy atom. The summed E-state index contributed by atoms with van der Waals surface area (Å²) in [5, 5.41) is 4.09. The molecule has 4 aromatic carbocycles. The first-order valence-corrected chi connectivity index (χ1v) is 21.2. The minimum absolute atomic E-state index is 0.148. The molecule has 0 spiro atoms. The zero-order chi connectivity index (χ0) is 42.1. The molecular weight excluding hydrogens is 741 g/mol. The molecule has 4 heteroatoms. The van der Waals surface area contributed by atoms with Crippen molar-refractivity contribution in [3.8, 4) is 0 Å². The van der Waals surface area contributed by atoms with Gasteiger partial charge in [0.25, 0.3) is 0 Å². The number of rotatable bonds is 11. The maximum atomic E-state index is 4.12. The van der Waals surface area contributed by atoms with Gasteiger partial charge < -0.3 is 19.9 Å². The van der Waals surface area contributed by atoms with E-state index in [0.717, 1.165) is 108 Å². The quantitative estimate of drug-likeness (QED) is 0.0944. The molecule has 0 fully saturated rings. The smallest absolute Gasteiger partial charge is 0.0485 e. The van der Waals surface area contributed by atoms with Crippen LogP contribution in [0.4, 0.5) is 0 Å². The maximum Gasteiger partial charge on any atom is 0.0485 e. The van der Waals surface area contributed by atoms with Crippen LogP contribution in [0.2, 0.25) is 0 Å². The number of nitrogens with one attached hydrogen (secondary N) is 4. The van der Waals surface area contributed by atoms with Gasteiger partial charge in [-0.15, -0.1) is 19.7 Å². The Hall–Kier alpha value is -7.30. The topological polar surface area (TPSA) is 63.2 Å². The Kier molecular flexibility index (Phi) is 10.5. The van der Waals surface area contributed by atoms with Crippen LogP contribution in [0.15, 0.2) is 184 Å². The van der Waals surface area contributed by atoms with E-state index < -0.39 is 0 Å². The molecule has 61 heavy (non-hydrogen) atoms. The van der Waals surface area contributed by atoms with E-state index >= 15 is 0 Å². The van der Waals surface area contributed by atoms with Crippen molar-refractivity contribution in [3.05, 3.63) is 272 Å². The van der Waals surface area contributed by atoms with Crippen LogP contribution in [0.1, 0.15) is 86.5 Å². The van der Waals surface area contributed by atoms with E-state index in [9.17, 15) is 0 Å². The van der Waals surface area contributed by atoms with Gasteiger partial charge in [-0.2, -0.15) is 0 Å². The fourth-order valence-corrected chi connectivity index (χ4v) is 9.15. The third-order valence-corrected chi connectivity index (χ3v) is 12.3.